The lowest BCUT2D eigenvalue weighted by atomic mass is 10.0. The van der Waals surface area contributed by atoms with Crippen LogP contribution in [0.2, 0.25) is 0 Å². The Kier molecular flexibility index (Phi) is 8.28. The molecule has 1 fully saturated rings. The molecule has 1 saturated carbocycles. The molecule has 0 bridgehead atoms. The van der Waals surface area contributed by atoms with Gasteiger partial charge in [0.2, 0.25) is 5.95 Å². The van der Waals surface area contributed by atoms with E-state index in [1.807, 2.05) is 44.4 Å². The van der Waals surface area contributed by atoms with E-state index in [0.29, 0.717) is 17.3 Å². The van der Waals surface area contributed by atoms with Crippen molar-refractivity contribution in [1.29, 1.82) is 0 Å². The van der Waals surface area contributed by atoms with E-state index in [1.54, 1.807) is 12.4 Å². The van der Waals surface area contributed by atoms with Crippen molar-refractivity contribution in [1.82, 2.24) is 15.0 Å². The predicted octanol–water partition coefficient (Wildman–Crippen LogP) is 6.94. The first-order valence-electron chi connectivity index (χ1n) is 12.3. The lowest BCUT2D eigenvalue weighted by Crippen LogP contribution is -2.07. The summed E-state index contributed by atoms with van der Waals surface area (Å²) in [6, 6.07) is 22.3. The van der Waals surface area contributed by atoms with Crippen molar-refractivity contribution >= 4 is 23.1 Å². The third-order valence-corrected chi connectivity index (χ3v) is 6.12. The van der Waals surface area contributed by atoms with Gasteiger partial charge in [-0.3, -0.25) is 4.98 Å². The zero-order valence-electron chi connectivity index (χ0n) is 20.6. The minimum absolute atomic E-state index is 0.388. The highest BCUT2D eigenvalue weighted by atomic mass is 15.1. The van der Waals surface area contributed by atoms with Gasteiger partial charge >= 0.3 is 0 Å². The molecule has 0 aliphatic heterocycles. The van der Waals surface area contributed by atoms with Crippen LogP contribution in [0.15, 0.2) is 79.1 Å². The first-order chi connectivity index (χ1) is 17.1. The van der Waals surface area contributed by atoms with Crippen LogP contribution >= 0.6 is 0 Å². The summed E-state index contributed by atoms with van der Waals surface area (Å²) in [6.07, 6.45) is 12.4. The lowest BCUT2D eigenvalue weighted by Gasteiger charge is -2.13. The van der Waals surface area contributed by atoms with Gasteiger partial charge in [0.25, 0.3) is 0 Å². The molecule has 6 heteroatoms. The number of nitrogen functional groups attached to an aromatic ring is 1. The summed E-state index contributed by atoms with van der Waals surface area (Å²) >= 11 is 0. The number of anilines is 4. The second kappa shape index (κ2) is 12.0. The maximum atomic E-state index is 6.11. The molecule has 2 aromatic carbocycles. The average Bonchev–Trinajstić information content (AvgIpc) is 2.91. The SMILES string of the molecule is C1CCCCC1.CN(C)c1ccc(-c2ccc(Nc3ncc(-c4ccccn4)c(N)n3)cc2)cc1. The van der Waals surface area contributed by atoms with Crippen molar-refractivity contribution < 1.29 is 0 Å². The smallest absolute Gasteiger partial charge is 0.229 e. The minimum Gasteiger partial charge on any atom is -0.383 e. The maximum Gasteiger partial charge on any atom is 0.229 e. The van der Waals surface area contributed by atoms with Crippen LogP contribution in [0.5, 0.6) is 0 Å². The molecule has 2 heterocycles. The number of nitrogens with zero attached hydrogens (tertiary/aromatic N) is 4. The fourth-order valence-corrected chi connectivity index (χ4v) is 4.06. The topological polar surface area (TPSA) is 80.0 Å². The van der Waals surface area contributed by atoms with Crippen molar-refractivity contribution in [3.05, 3.63) is 79.1 Å². The van der Waals surface area contributed by atoms with E-state index >= 15 is 0 Å². The highest BCUT2D eigenvalue weighted by Gasteiger charge is 2.08. The summed E-state index contributed by atoms with van der Waals surface area (Å²) in [5.74, 6) is 0.837. The van der Waals surface area contributed by atoms with Gasteiger partial charge in [-0.2, -0.15) is 4.98 Å². The lowest BCUT2D eigenvalue weighted by molar-refractivity contribution is 0.504. The molecule has 0 unspecified atom stereocenters. The predicted molar refractivity (Wildman–Crippen MR) is 147 cm³/mol. The molecule has 1 aliphatic carbocycles. The Labute approximate surface area is 208 Å². The van der Waals surface area contributed by atoms with Crippen LogP contribution in [0.3, 0.4) is 0 Å². The highest BCUT2D eigenvalue weighted by molar-refractivity contribution is 5.72. The zero-order valence-corrected chi connectivity index (χ0v) is 20.6. The van der Waals surface area contributed by atoms with Crippen LogP contribution in [0.4, 0.5) is 23.1 Å². The number of hydrogen-bond donors (Lipinski definition) is 2. The number of hydrogen-bond acceptors (Lipinski definition) is 6. The van der Waals surface area contributed by atoms with E-state index in [4.69, 9.17) is 5.73 Å². The number of nitrogens with two attached hydrogens (primary N) is 1. The van der Waals surface area contributed by atoms with Gasteiger partial charge in [0, 0.05) is 37.9 Å². The molecule has 0 saturated heterocycles. The molecule has 35 heavy (non-hydrogen) atoms. The molecule has 5 rings (SSSR count). The Balaban J connectivity index is 0.000000421. The van der Waals surface area contributed by atoms with E-state index in [1.165, 1.54) is 49.8 Å². The average molecular weight is 467 g/mol. The van der Waals surface area contributed by atoms with Crippen LogP contribution in [-0.2, 0) is 0 Å². The highest BCUT2D eigenvalue weighted by Crippen LogP contribution is 2.26. The minimum atomic E-state index is 0.388. The molecule has 1 aliphatic rings. The van der Waals surface area contributed by atoms with Crippen molar-refractivity contribution in [2.45, 2.75) is 38.5 Å². The third-order valence-electron chi connectivity index (χ3n) is 6.12. The van der Waals surface area contributed by atoms with Crippen molar-refractivity contribution in [2.75, 3.05) is 30.0 Å². The van der Waals surface area contributed by atoms with Crippen LogP contribution in [-0.4, -0.2) is 29.0 Å². The molecular weight excluding hydrogens is 432 g/mol. The molecule has 6 nitrogen and oxygen atoms in total. The quantitative estimate of drug-likeness (QED) is 0.332. The van der Waals surface area contributed by atoms with Gasteiger partial charge in [-0.15, -0.1) is 0 Å². The van der Waals surface area contributed by atoms with Gasteiger partial charge in [-0.25, -0.2) is 4.98 Å². The molecule has 0 amide bonds. The summed E-state index contributed by atoms with van der Waals surface area (Å²) in [5.41, 5.74) is 12.0. The molecule has 4 aromatic rings. The summed E-state index contributed by atoms with van der Waals surface area (Å²) in [5, 5.41) is 3.20. The first kappa shape index (κ1) is 24.2. The molecule has 0 spiro atoms. The molecular formula is C29H34N6. The largest absolute Gasteiger partial charge is 0.383 e. The monoisotopic (exact) mass is 466 g/mol. The zero-order chi connectivity index (χ0) is 24.5. The Bertz CT molecular complexity index is 1170. The summed E-state index contributed by atoms with van der Waals surface area (Å²) in [7, 11) is 4.07. The number of benzene rings is 2. The first-order valence-corrected chi connectivity index (χ1v) is 12.3. The van der Waals surface area contributed by atoms with E-state index in [9.17, 15) is 0 Å². The Hall–Kier alpha value is -3.93. The fourth-order valence-electron chi connectivity index (χ4n) is 4.06. The summed E-state index contributed by atoms with van der Waals surface area (Å²) < 4.78 is 0. The molecule has 0 radical (unpaired) electrons. The Morgan fingerprint density at radius 1 is 0.743 bits per heavy atom. The normalized spacial score (nSPS) is 12.9. The number of nitrogens with one attached hydrogen (secondary N) is 1. The number of aromatic nitrogens is 3. The van der Waals surface area contributed by atoms with E-state index in [2.05, 4.69) is 61.6 Å². The van der Waals surface area contributed by atoms with Gasteiger partial charge in [-0.05, 0) is 47.5 Å². The van der Waals surface area contributed by atoms with Crippen LogP contribution in [0.25, 0.3) is 22.4 Å². The van der Waals surface area contributed by atoms with Crippen LogP contribution in [0.1, 0.15) is 38.5 Å². The van der Waals surface area contributed by atoms with Crippen molar-refractivity contribution in [2.24, 2.45) is 0 Å². The van der Waals surface area contributed by atoms with Crippen LogP contribution in [0, 0.1) is 0 Å². The standard InChI is InChI=1S/C23H22N6.C6H12/c1-29(2)19-12-8-17(9-13-19)16-6-10-18(11-7-16)27-23-26-15-20(22(24)28-23)21-5-3-4-14-25-21;1-2-4-6-5-3-1/h3-15H,1-2H3,(H3,24,26,27,28);1-6H2. The second-order valence-electron chi connectivity index (χ2n) is 8.97. The van der Waals surface area contributed by atoms with E-state index < -0.39 is 0 Å². The molecule has 2 aromatic heterocycles. The van der Waals surface area contributed by atoms with Gasteiger partial charge < -0.3 is 16.0 Å². The van der Waals surface area contributed by atoms with Crippen LogP contribution < -0.4 is 16.0 Å². The van der Waals surface area contributed by atoms with Gasteiger partial charge in [0.15, 0.2) is 0 Å². The van der Waals surface area contributed by atoms with Crippen molar-refractivity contribution in [3.8, 4) is 22.4 Å². The molecule has 0 atom stereocenters. The third kappa shape index (κ3) is 6.79. The van der Waals surface area contributed by atoms with Gasteiger partial charge in [0.1, 0.15) is 5.82 Å². The maximum absolute atomic E-state index is 6.11. The fraction of sp³-hybridized carbons (Fsp3) is 0.276. The molecule has 180 valence electrons. The summed E-state index contributed by atoms with van der Waals surface area (Å²) in [6.45, 7) is 0. The number of rotatable bonds is 5. The summed E-state index contributed by atoms with van der Waals surface area (Å²) in [4.78, 5) is 15.1. The van der Waals surface area contributed by atoms with E-state index in [-0.39, 0.29) is 0 Å². The van der Waals surface area contributed by atoms with Gasteiger partial charge in [0.05, 0.1) is 11.3 Å². The molecule has 3 N–H and O–H groups in total. The Morgan fingerprint density at radius 3 is 1.86 bits per heavy atom. The number of pyridine rings is 1. The van der Waals surface area contributed by atoms with Crippen molar-refractivity contribution in [3.63, 3.8) is 0 Å². The van der Waals surface area contributed by atoms with E-state index in [0.717, 1.165) is 16.9 Å². The van der Waals surface area contributed by atoms with Gasteiger partial charge in [-0.1, -0.05) is 68.9 Å². The second-order valence-corrected chi connectivity index (χ2v) is 8.97. The Morgan fingerprint density at radius 2 is 1.34 bits per heavy atom.